The second-order valence-corrected chi connectivity index (χ2v) is 7.86. The fraction of sp³-hybridized carbons (Fsp3) is 0.571. The Morgan fingerprint density at radius 1 is 1.26 bits per heavy atom. The number of fused-ring (bicyclic) bond motifs is 1. The summed E-state index contributed by atoms with van der Waals surface area (Å²) < 4.78 is 22.6. The van der Waals surface area contributed by atoms with E-state index in [0.717, 1.165) is 12.8 Å². The maximum atomic E-state index is 11.3. The van der Waals surface area contributed by atoms with Crippen molar-refractivity contribution >= 4 is 9.84 Å². The number of nitrogens with two attached hydrogens (primary N) is 1. The standard InChI is InChI=1S/C14H22N2O2S/c1-16(7-8-19(2,17)18)14(11-15)9-12-5-3-4-6-13(12)10-14/h3-6H,7-11,15H2,1-2H3. The van der Waals surface area contributed by atoms with Gasteiger partial charge >= 0.3 is 0 Å². The minimum absolute atomic E-state index is 0.131. The molecule has 0 amide bonds. The van der Waals surface area contributed by atoms with Gasteiger partial charge in [-0.1, -0.05) is 24.3 Å². The van der Waals surface area contributed by atoms with Gasteiger partial charge in [0.15, 0.2) is 0 Å². The second-order valence-electron chi connectivity index (χ2n) is 5.60. The molecule has 0 aliphatic heterocycles. The van der Waals surface area contributed by atoms with Gasteiger partial charge in [0.25, 0.3) is 0 Å². The lowest BCUT2D eigenvalue weighted by Gasteiger charge is -2.37. The van der Waals surface area contributed by atoms with Crippen molar-refractivity contribution in [3.63, 3.8) is 0 Å². The van der Waals surface area contributed by atoms with Crippen LogP contribution in [0.5, 0.6) is 0 Å². The van der Waals surface area contributed by atoms with Crippen LogP contribution in [0.3, 0.4) is 0 Å². The third-order valence-corrected chi connectivity index (χ3v) is 5.07. The molecule has 0 radical (unpaired) electrons. The van der Waals surface area contributed by atoms with Crippen LogP contribution in [0.4, 0.5) is 0 Å². The average molecular weight is 282 g/mol. The topological polar surface area (TPSA) is 63.4 Å². The number of hydrogen-bond donors (Lipinski definition) is 1. The first-order valence-electron chi connectivity index (χ1n) is 6.52. The molecule has 1 aromatic rings. The predicted molar refractivity (Wildman–Crippen MR) is 78.0 cm³/mol. The summed E-state index contributed by atoms with van der Waals surface area (Å²) >= 11 is 0. The van der Waals surface area contributed by atoms with Crippen LogP contribution in [0.1, 0.15) is 11.1 Å². The fourth-order valence-corrected chi connectivity index (χ4v) is 3.39. The van der Waals surface area contributed by atoms with Gasteiger partial charge in [-0.15, -0.1) is 0 Å². The van der Waals surface area contributed by atoms with Gasteiger partial charge in [-0.2, -0.15) is 0 Å². The molecule has 1 aliphatic rings. The molecule has 5 heteroatoms. The summed E-state index contributed by atoms with van der Waals surface area (Å²) in [5.41, 5.74) is 8.53. The van der Waals surface area contributed by atoms with E-state index in [0.29, 0.717) is 13.1 Å². The van der Waals surface area contributed by atoms with E-state index in [-0.39, 0.29) is 11.3 Å². The Kier molecular flexibility index (Phi) is 3.99. The van der Waals surface area contributed by atoms with E-state index in [9.17, 15) is 8.42 Å². The summed E-state index contributed by atoms with van der Waals surface area (Å²) in [4.78, 5) is 2.12. The van der Waals surface area contributed by atoms with Crippen molar-refractivity contribution in [2.24, 2.45) is 5.73 Å². The van der Waals surface area contributed by atoms with E-state index in [1.165, 1.54) is 17.4 Å². The summed E-state index contributed by atoms with van der Waals surface area (Å²) in [6.45, 7) is 1.08. The van der Waals surface area contributed by atoms with Crippen LogP contribution in [0.25, 0.3) is 0 Å². The molecule has 0 unspecified atom stereocenters. The van der Waals surface area contributed by atoms with E-state index in [1.54, 1.807) is 0 Å². The zero-order chi connectivity index (χ0) is 14.1. The Hall–Kier alpha value is -0.910. The van der Waals surface area contributed by atoms with Crippen LogP contribution in [-0.4, -0.2) is 51.0 Å². The summed E-state index contributed by atoms with van der Waals surface area (Å²) in [5, 5.41) is 0. The highest BCUT2D eigenvalue weighted by atomic mass is 32.2. The molecule has 0 spiro atoms. The number of benzene rings is 1. The molecule has 0 fully saturated rings. The highest BCUT2D eigenvalue weighted by molar-refractivity contribution is 7.90. The van der Waals surface area contributed by atoms with Gasteiger partial charge in [-0.3, -0.25) is 4.90 Å². The largest absolute Gasteiger partial charge is 0.329 e. The fourth-order valence-electron chi connectivity index (χ4n) is 2.78. The number of nitrogens with zero attached hydrogens (tertiary/aromatic N) is 1. The molecule has 0 saturated carbocycles. The Morgan fingerprint density at radius 3 is 2.21 bits per heavy atom. The molecule has 0 heterocycles. The number of likely N-dealkylation sites (N-methyl/N-ethyl adjacent to an activating group) is 1. The van der Waals surface area contributed by atoms with Crippen molar-refractivity contribution in [1.82, 2.24) is 4.90 Å². The first-order valence-corrected chi connectivity index (χ1v) is 8.58. The average Bonchev–Trinajstić information content (AvgIpc) is 2.74. The normalized spacial score (nSPS) is 17.7. The monoisotopic (exact) mass is 282 g/mol. The highest BCUT2D eigenvalue weighted by Gasteiger charge is 2.39. The van der Waals surface area contributed by atoms with Gasteiger partial charge in [-0.05, 0) is 31.0 Å². The molecule has 0 atom stereocenters. The SMILES string of the molecule is CN(CCS(C)(=O)=O)C1(CN)Cc2ccccc2C1. The van der Waals surface area contributed by atoms with Gasteiger partial charge in [0.2, 0.25) is 0 Å². The van der Waals surface area contributed by atoms with Crippen LogP contribution in [0.15, 0.2) is 24.3 Å². The lowest BCUT2D eigenvalue weighted by atomic mass is 9.94. The Morgan fingerprint density at radius 2 is 1.79 bits per heavy atom. The van der Waals surface area contributed by atoms with Crippen LogP contribution in [-0.2, 0) is 22.7 Å². The van der Waals surface area contributed by atoms with Crippen molar-refractivity contribution in [3.05, 3.63) is 35.4 Å². The minimum Gasteiger partial charge on any atom is -0.329 e. The maximum absolute atomic E-state index is 11.3. The number of hydrogen-bond acceptors (Lipinski definition) is 4. The molecule has 2 N–H and O–H groups in total. The predicted octanol–water partition coefficient (Wildman–Crippen LogP) is 0.459. The number of sulfone groups is 1. The second kappa shape index (κ2) is 5.23. The molecular weight excluding hydrogens is 260 g/mol. The summed E-state index contributed by atoms with van der Waals surface area (Å²) in [5.74, 6) is 0.182. The van der Waals surface area contributed by atoms with E-state index in [4.69, 9.17) is 5.73 Å². The first kappa shape index (κ1) is 14.5. The van der Waals surface area contributed by atoms with Crippen molar-refractivity contribution in [3.8, 4) is 0 Å². The van der Waals surface area contributed by atoms with E-state index < -0.39 is 9.84 Å². The number of rotatable bonds is 5. The van der Waals surface area contributed by atoms with Crippen molar-refractivity contribution in [2.45, 2.75) is 18.4 Å². The van der Waals surface area contributed by atoms with E-state index in [1.807, 2.05) is 19.2 Å². The Bertz CT molecular complexity index is 529. The molecule has 0 aromatic heterocycles. The lowest BCUT2D eigenvalue weighted by molar-refractivity contribution is 0.144. The molecule has 0 saturated heterocycles. The van der Waals surface area contributed by atoms with Gasteiger partial charge < -0.3 is 5.73 Å². The third kappa shape index (κ3) is 3.16. The molecule has 106 valence electrons. The first-order chi connectivity index (χ1) is 8.86. The molecule has 0 bridgehead atoms. The van der Waals surface area contributed by atoms with E-state index >= 15 is 0 Å². The minimum atomic E-state index is -2.93. The van der Waals surface area contributed by atoms with Crippen molar-refractivity contribution in [1.29, 1.82) is 0 Å². The smallest absolute Gasteiger partial charge is 0.148 e. The van der Waals surface area contributed by atoms with Crippen molar-refractivity contribution in [2.75, 3.05) is 32.1 Å². The maximum Gasteiger partial charge on any atom is 0.148 e. The summed E-state index contributed by atoms with van der Waals surface area (Å²) in [6.07, 6.45) is 3.08. The zero-order valence-corrected chi connectivity index (χ0v) is 12.4. The summed E-state index contributed by atoms with van der Waals surface area (Å²) in [6, 6.07) is 8.36. The van der Waals surface area contributed by atoms with Gasteiger partial charge in [0.1, 0.15) is 9.84 Å². The summed E-state index contributed by atoms with van der Waals surface area (Å²) in [7, 11) is -0.957. The van der Waals surface area contributed by atoms with Crippen LogP contribution >= 0.6 is 0 Å². The third-order valence-electron chi connectivity index (χ3n) is 4.14. The molecule has 1 aliphatic carbocycles. The quantitative estimate of drug-likeness (QED) is 0.852. The van der Waals surface area contributed by atoms with Gasteiger partial charge in [0, 0.05) is 24.9 Å². The molecule has 19 heavy (non-hydrogen) atoms. The van der Waals surface area contributed by atoms with Crippen molar-refractivity contribution < 1.29 is 8.42 Å². The Labute approximate surface area is 115 Å². The molecule has 1 aromatic carbocycles. The molecule has 4 nitrogen and oxygen atoms in total. The van der Waals surface area contributed by atoms with E-state index in [2.05, 4.69) is 17.0 Å². The van der Waals surface area contributed by atoms with Crippen LogP contribution in [0.2, 0.25) is 0 Å². The highest BCUT2D eigenvalue weighted by Crippen LogP contribution is 2.33. The Balaban J connectivity index is 2.13. The van der Waals surface area contributed by atoms with Gasteiger partial charge in [-0.25, -0.2) is 8.42 Å². The van der Waals surface area contributed by atoms with Crippen LogP contribution < -0.4 is 5.73 Å². The zero-order valence-electron chi connectivity index (χ0n) is 11.6. The lowest BCUT2D eigenvalue weighted by Crippen LogP contribution is -2.54. The van der Waals surface area contributed by atoms with Gasteiger partial charge in [0.05, 0.1) is 5.75 Å². The molecular formula is C14H22N2O2S. The molecule has 2 rings (SSSR count). The van der Waals surface area contributed by atoms with Crippen LogP contribution in [0, 0.1) is 0 Å².